The molecule has 2 heterocycles. The maximum Gasteiger partial charge on any atom is 0.0285 e. The van der Waals surface area contributed by atoms with Crippen LogP contribution in [0.5, 0.6) is 0 Å². The summed E-state index contributed by atoms with van der Waals surface area (Å²) in [6.45, 7) is 9.38. The Bertz CT molecular complexity index is 356. The Kier molecular flexibility index (Phi) is 4.64. The van der Waals surface area contributed by atoms with Crippen LogP contribution in [0.15, 0.2) is 15.9 Å². The fourth-order valence-electron chi connectivity index (χ4n) is 2.34. The van der Waals surface area contributed by atoms with Crippen LogP contribution in [0.3, 0.4) is 0 Å². The number of nitrogens with one attached hydrogen (secondary N) is 1. The fourth-order valence-corrected chi connectivity index (χ4v) is 3.80. The molecular weight excluding hydrogens is 296 g/mol. The zero-order valence-electron chi connectivity index (χ0n) is 10.6. The lowest BCUT2D eigenvalue weighted by Crippen LogP contribution is -2.53. The second kappa shape index (κ2) is 5.83. The van der Waals surface area contributed by atoms with E-state index in [-0.39, 0.29) is 0 Å². The van der Waals surface area contributed by atoms with Crippen molar-refractivity contribution >= 4 is 27.3 Å². The molecule has 1 saturated heterocycles. The van der Waals surface area contributed by atoms with Crippen molar-refractivity contribution < 1.29 is 0 Å². The van der Waals surface area contributed by atoms with Gasteiger partial charge < -0.3 is 5.32 Å². The van der Waals surface area contributed by atoms with E-state index in [4.69, 9.17) is 0 Å². The third kappa shape index (κ3) is 3.78. The first kappa shape index (κ1) is 13.5. The van der Waals surface area contributed by atoms with Gasteiger partial charge in [0.15, 0.2) is 0 Å². The molecule has 1 aromatic rings. The molecule has 0 bridgehead atoms. The van der Waals surface area contributed by atoms with Gasteiger partial charge in [-0.15, -0.1) is 11.3 Å². The van der Waals surface area contributed by atoms with Crippen molar-refractivity contribution in [3.05, 3.63) is 20.8 Å². The molecule has 0 atom stereocenters. The third-order valence-electron chi connectivity index (χ3n) is 3.58. The zero-order chi connectivity index (χ0) is 12.3. The maximum atomic E-state index is 3.52. The van der Waals surface area contributed by atoms with Crippen LogP contribution < -0.4 is 5.32 Å². The topological polar surface area (TPSA) is 15.3 Å². The SMILES string of the molecule is CC(C)(CCc1cc(Br)cs1)N1CCNCC1. The molecule has 0 aliphatic carbocycles. The summed E-state index contributed by atoms with van der Waals surface area (Å²) in [4.78, 5) is 4.10. The Morgan fingerprint density at radius 1 is 1.41 bits per heavy atom. The van der Waals surface area contributed by atoms with Crippen LogP contribution in [-0.4, -0.2) is 36.6 Å². The molecule has 2 rings (SSSR count). The van der Waals surface area contributed by atoms with Gasteiger partial charge in [0.2, 0.25) is 0 Å². The molecule has 0 aromatic carbocycles. The van der Waals surface area contributed by atoms with Gasteiger partial charge >= 0.3 is 0 Å². The standard InChI is InChI=1S/C13H21BrN2S/c1-13(2,16-7-5-15-6-8-16)4-3-12-9-11(14)10-17-12/h9-10,15H,3-8H2,1-2H3. The van der Waals surface area contributed by atoms with E-state index in [0.29, 0.717) is 5.54 Å². The smallest absolute Gasteiger partial charge is 0.0285 e. The van der Waals surface area contributed by atoms with Crippen LogP contribution in [0.1, 0.15) is 25.1 Å². The first-order valence-corrected chi connectivity index (χ1v) is 7.94. The fraction of sp³-hybridized carbons (Fsp3) is 0.692. The summed E-state index contributed by atoms with van der Waals surface area (Å²) in [6.07, 6.45) is 2.42. The van der Waals surface area contributed by atoms with Crippen molar-refractivity contribution in [2.45, 2.75) is 32.2 Å². The molecule has 1 fully saturated rings. The van der Waals surface area contributed by atoms with Gasteiger partial charge in [0.05, 0.1) is 0 Å². The highest BCUT2D eigenvalue weighted by Gasteiger charge is 2.27. The minimum atomic E-state index is 0.318. The molecule has 0 unspecified atom stereocenters. The van der Waals surface area contributed by atoms with Crippen molar-refractivity contribution in [3.8, 4) is 0 Å². The van der Waals surface area contributed by atoms with E-state index in [9.17, 15) is 0 Å². The van der Waals surface area contributed by atoms with Gasteiger partial charge in [-0.25, -0.2) is 0 Å². The second-order valence-corrected chi connectivity index (χ2v) is 7.19. The lowest BCUT2D eigenvalue weighted by molar-refractivity contribution is 0.0961. The molecular formula is C13H21BrN2S. The molecule has 96 valence electrons. The normalized spacial score (nSPS) is 18.5. The number of nitrogens with zero attached hydrogens (tertiary/aromatic N) is 1. The first-order valence-electron chi connectivity index (χ1n) is 6.27. The van der Waals surface area contributed by atoms with Crippen molar-refractivity contribution in [1.29, 1.82) is 0 Å². The Balaban J connectivity index is 1.87. The molecule has 1 aromatic heterocycles. The van der Waals surface area contributed by atoms with Gasteiger partial charge in [0.1, 0.15) is 0 Å². The van der Waals surface area contributed by atoms with Crippen molar-refractivity contribution in [1.82, 2.24) is 10.2 Å². The van der Waals surface area contributed by atoms with Gasteiger partial charge in [0, 0.05) is 46.4 Å². The number of halogens is 1. The van der Waals surface area contributed by atoms with Crippen LogP contribution in [0.2, 0.25) is 0 Å². The Labute approximate surface area is 117 Å². The number of hydrogen-bond acceptors (Lipinski definition) is 3. The van der Waals surface area contributed by atoms with Crippen molar-refractivity contribution in [2.75, 3.05) is 26.2 Å². The molecule has 1 N–H and O–H groups in total. The summed E-state index contributed by atoms with van der Waals surface area (Å²) >= 11 is 5.38. The highest BCUT2D eigenvalue weighted by atomic mass is 79.9. The highest BCUT2D eigenvalue weighted by molar-refractivity contribution is 9.10. The van der Waals surface area contributed by atoms with Gasteiger partial charge in [-0.3, -0.25) is 4.90 Å². The molecule has 0 saturated carbocycles. The summed E-state index contributed by atoms with van der Waals surface area (Å²) in [7, 11) is 0. The van der Waals surface area contributed by atoms with Gasteiger partial charge in [-0.05, 0) is 48.7 Å². The van der Waals surface area contributed by atoms with Crippen LogP contribution in [0.25, 0.3) is 0 Å². The van der Waals surface area contributed by atoms with E-state index >= 15 is 0 Å². The first-order chi connectivity index (χ1) is 8.08. The van der Waals surface area contributed by atoms with Gasteiger partial charge in [0.25, 0.3) is 0 Å². The molecule has 17 heavy (non-hydrogen) atoms. The summed E-state index contributed by atoms with van der Waals surface area (Å²) < 4.78 is 1.22. The Morgan fingerprint density at radius 2 is 2.12 bits per heavy atom. The Morgan fingerprint density at radius 3 is 2.71 bits per heavy atom. The zero-order valence-corrected chi connectivity index (χ0v) is 13.0. The molecule has 4 heteroatoms. The number of hydrogen-bond donors (Lipinski definition) is 1. The number of thiophene rings is 1. The van der Waals surface area contributed by atoms with Crippen LogP contribution in [-0.2, 0) is 6.42 Å². The second-order valence-electron chi connectivity index (χ2n) is 5.28. The summed E-state index contributed by atoms with van der Waals surface area (Å²) in [5, 5.41) is 5.59. The third-order valence-corrected chi connectivity index (χ3v) is 5.34. The quantitative estimate of drug-likeness (QED) is 0.918. The minimum Gasteiger partial charge on any atom is -0.314 e. The van der Waals surface area contributed by atoms with E-state index in [0.717, 1.165) is 13.1 Å². The van der Waals surface area contributed by atoms with E-state index < -0.39 is 0 Å². The van der Waals surface area contributed by atoms with E-state index in [1.807, 2.05) is 11.3 Å². The van der Waals surface area contributed by atoms with Crippen molar-refractivity contribution in [3.63, 3.8) is 0 Å². The summed E-state index contributed by atoms with van der Waals surface area (Å²) in [5.41, 5.74) is 0.318. The molecule has 0 radical (unpaired) electrons. The van der Waals surface area contributed by atoms with Gasteiger partial charge in [-0.2, -0.15) is 0 Å². The molecule has 1 aliphatic heterocycles. The lowest BCUT2D eigenvalue weighted by Gasteiger charge is -2.41. The predicted molar refractivity (Wildman–Crippen MR) is 78.9 cm³/mol. The molecule has 2 nitrogen and oxygen atoms in total. The highest BCUT2D eigenvalue weighted by Crippen LogP contribution is 2.26. The van der Waals surface area contributed by atoms with E-state index in [2.05, 4.69) is 51.4 Å². The average Bonchev–Trinajstić information content (AvgIpc) is 2.74. The average molecular weight is 317 g/mol. The van der Waals surface area contributed by atoms with E-state index in [1.165, 1.54) is 35.3 Å². The minimum absolute atomic E-state index is 0.318. The number of rotatable bonds is 4. The number of aryl methyl sites for hydroxylation is 1. The molecule has 1 aliphatic rings. The van der Waals surface area contributed by atoms with Gasteiger partial charge in [-0.1, -0.05) is 0 Å². The van der Waals surface area contributed by atoms with Crippen LogP contribution >= 0.6 is 27.3 Å². The monoisotopic (exact) mass is 316 g/mol. The molecule has 0 amide bonds. The maximum absolute atomic E-state index is 3.52. The number of piperazine rings is 1. The van der Waals surface area contributed by atoms with Crippen LogP contribution in [0.4, 0.5) is 0 Å². The summed E-state index contributed by atoms with van der Waals surface area (Å²) in [5.74, 6) is 0. The Hall–Kier alpha value is 0.1000. The van der Waals surface area contributed by atoms with Crippen LogP contribution in [0, 0.1) is 0 Å². The lowest BCUT2D eigenvalue weighted by atomic mass is 9.95. The summed E-state index contributed by atoms with van der Waals surface area (Å²) in [6, 6.07) is 2.25. The largest absolute Gasteiger partial charge is 0.314 e. The predicted octanol–water partition coefficient (Wildman–Crippen LogP) is 3.13. The molecule has 0 spiro atoms. The van der Waals surface area contributed by atoms with E-state index in [1.54, 1.807) is 0 Å². The van der Waals surface area contributed by atoms with Crippen molar-refractivity contribution in [2.24, 2.45) is 0 Å².